The van der Waals surface area contributed by atoms with Crippen LogP contribution in [0.4, 0.5) is 17.1 Å². The molecule has 0 atom stereocenters. The van der Waals surface area contributed by atoms with Gasteiger partial charge in [0.15, 0.2) is 0 Å². The summed E-state index contributed by atoms with van der Waals surface area (Å²) in [5.41, 5.74) is 17.0. The number of rotatable bonds is 8. The fourth-order valence-electron chi connectivity index (χ4n) is 8.83. The van der Waals surface area contributed by atoms with Crippen molar-refractivity contribution >= 4 is 71.7 Å². The maximum atomic E-state index is 6.22. The van der Waals surface area contributed by atoms with Gasteiger partial charge in [-0.05, 0) is 144 Å². The van der Waals surface area contributed by atoms with E-state index in [1.165, 1.54) is 44.2 Å². The number of aryl methyl sites for hydroxylation is 4. The molecule has 59 heavy (non-hydrogen) atoms. The number of fused-ring (bicyclic) bond motifs is 7. The van der Waals surface area contributed by atoms with E-state index in [0.717, 1.165) is 84.9 Å². The maximum Gasteiger partial charge on any atom is 0.135 e. The lowest BCUT2D eigenvalue weighted by Gasteiger charge is -2.26. The first-order chi connectivity index (χ1) is 29.0. The van der Waals surface area contributed by atoms with Gasteiger partial charge in [-0.1, -0.05) is 126 Å². The van der Waals surface area contributed by atoms with E-state index < -0.39 is 0 Å². The van der Waals surface area contributed by atoms with Crippen LogP contribution in [0.15, 0.2) is 197 Å². The minimum Gasteiger partial charge on any atom is -0.456 e. The van der Waals surface area contributed by atoms with Crippen molar-refractivity contribution in [1.29, 1.82) is 0 Å². The molecule has 0 bridgehead atoms. The van der Waals surface area contributed by atoms with Crippen LogP contribution in [0.25, 0.3) is 76.9 Å². The third-order valence-corrected chi connectivity index (χ3v) is 12.0. The molecule has 3 nitrogen and oxygen atoms in total. The second kappa shape index (κ2) is 14.2. The molecule has 11 rings (SSSR count). The predicted molar refractivity (Wildman–Crippen MR) is 247 cm³/mol. The summed E-state index contributed by atoms with van der Waals surface area (Å²) in [5.74, 6) is 0. The zero-order valence-electron chi connectivity index (χ0n) is 33.1. The van der Waals surface area contributed by atoms with Gasteiger partial charge in [0.1, 0.15) is 22.3 Å². The topological polar surface area (TPSA) is 29.5 Å². The largest absolute Gasteiger partial charge is 0.456 e. The molecule has 0 amide bonds. The standard InChI is InChI=1S/C56H41NO2/c1-36-11-15-38(16-12-36)17-28-48-46(42-22-32-56-52(35-42)50-8-4-6-10-54(50)59-56)29-20-41-33-45(27-30-47(41)48)57(43-23-13-37(2)14-24-43)44-25-18-39(19-26-44)40-21-31-55-51(34-40)49-7-3-5-9-53(49)58-55/h3-16,18-27,29-35H,17,28H2,1-2H3. The lowest BCUT2D eigenvalue weighted by Crippen LogP contribution is -2.10. The maximum absolute atomic E-state index is 6.22. The summed E-state index contributed by atoms with van der Waals surface area (Å²) in [6.45, 7) is 4.29. The van der Waals surface area contributed by atoms with Gasteiger partial charge in [0.05, 0.1) is 0 Å². The highest BCUT2D eigenvalue weighted by atomic mass is 16.3. The van der Waals surface area contributed by atoms with Gasteiger partial charge in [-0.25, -0.2) is 0 Å². The molecule has 2 aromatic heterocycles. The first-order valence-electron chi connectivity index (χ1n) is 20.4. The first kappa shape index (κ1) is 34.9. The second-order valence-electron chi connectivity index (χ2n) is 15.8. The molecule has 0 saturated heterocycles. The molecule has 0 saturated carbocycles. The van der Waals surface area contributed by atoms with E-state index in [-0.39, 0.29) is 0 Å². The third kappa shape index (κ3) is 6.32. The minimum absolute atomic E-state index is 0.909. The summed E-state index contributed by atoms with van der Waals surface area (Å²) in [6.07, 6.45) is 1.87. The van der Waals surface area contributed by atoms with Crippen molar-refractivity contribution < 1.29 is 8.83 Å². The minimum atomic E-state index is 0.909. The summed E-state index contributed by atoms with van der Waals surface area (Å²) in [5, 5.41) is 7.06. The van der Waals surface area contributed by atoms with Gasteiger partial charge in [-0.15, -0.1) is 0 Å². The molecule has 0 aliphatic rings. The van der Waals surface area contributed by atoms with Crippen LogP contribution in [0, 0.1) is 13.8 Å². The van der Waals surface area contributed by atoms with E-state index in [1.807, 2.05) is 24.3 Å². The summed E-state index contributed by atoms with van der Waals surface area (Å²) in [7, 11) is 0. The molecule has 9 aromatic carbocycles. The van der Waals surface area contributed by atoms with E-state index in [1.54, 1.807) is 0 Å². The molecule has 11 aromatic rings. The van der Waals surface area contributed by atoms with E-state index in [2.05, 4.69) is 183 Å². The third-order valence-electron chi connectivity index (χ3n) is 12.0. The Morgan fingerprint density at radius 1 is 0.373 bits per heavy atom. The Morgan fingerprint density at radius 2 is 0.898 bits per heavy atom. The van der Waals surface area contributed by atoms with Crippen molar-refractivity contribution in [1.82, 2.24) is 0 Å². The Bertz CT molecular complexity index is 3330. The van der Waals surface area contributed by atoms with Gasteiger partial charge in [-0.2, -0.15) is 0 Å². The van der Waals surface area contributed by atoms with E-state index in [4.69, 9.17) is 8.83 Å². The normalized spacial score (nSPS) is 11.7. The van der Waals surface area contributed by atoms with Crippen molar-refractivity contribution in [3.05, 3.63) is 210 Å². The van der Waals surface area contributed by atoms with Crippen molar-refractivity contribution in [3.63, 3.8) is 0 Å². The first-order valence-corrected chi connectivity index (χ1v) is 20.4. The summed E-state index contributed by atoms with van der Waals surface area (Å²) >= 11 is 0. The molecule has 0 unspecified atom stereocenters. The van der Waals surface area contributed by atoms with Crippen LogP contribution in [0.2, 0.25) is 0 Å². The van der Waals surface area contributed by atoms with Crippen LogP contribution in [0.5, 0.6) is 0 Å². The van der Waals surface area contributed by atoms with Gasteiger partial charge < -0.3 is 13.7 Å². The molecule has 0 aliphatic heterocycles. The Hall–Kier alpha value is -7.36. The Morgan fingerprint density at radius 3 is 1.56 bits per heavy atom. The quantitative estimate of drug-likeness (QED) is 0.154. The smallest absolute Gasteiger partial charge is 0.135 e. The molecular weight excluding hydrogens is 719 g/mol. The highest BCUT2D eigenvalue weighted by Gasteiger charge is 2.18. The van der Waals surface area contributed by atoms with Gasteiger partial charge in [-0.3, -0.25) is 0 Å². The van der Waals surface area contributed by atoms with Gasteiger partial charge in [0, 0.05) is 38.6 Å². The Kier molecular flexibility index (Phi) is 8.41. The van der Waals surface area contributed by atoms with Crippen LogP contribution in [-0.4, -0.2) is 0 Å². The fraction of sp³-hybridized carbons (Fsp3) is 0.0714. The highest BCUT2D eigenvalue weighted by Crippen LogP contribution is 2.41. The number of nitrogens with zero attached hydrogens (tertiary/aromatic N) is 1. The molecule has 0 aliphatic carbocycles. The number of hydrogen-bond acceptors (Lipinski definition) is 3. The van der Waals surface area contributed by atoms with E-state index in [0.29, 0.717) is 0 Å². The van der Waals surface area contributed by atoms with Crippen LogP contribution in [0.3, 0.4) is 0 Å². The van der Waals surface area contributed by atoms with Crippen molar-refractivity contribution in [2.24, 2.45) is 0 Å². The van der Waals surface area contributed by atoms with Crippen molar-refractivity contribution in [2.45, 2.75) is 26.7 Å². The molecule has 2 heterocycles. The van der Waals surface area contributed by atoms with Crippen molar-refractivity contribution in [2.75, 3.05) is 4.90 Å². The molecule has 0 spiro atoms. The number of benzene rings is 9. The van der Waals surface area contributed by atoms with Crippen LogP contribution in [0.1, 0.15) is 22.3 Å². The molecule has 3 heteroatoms. The molecule has 0 N–H and O–H groups in total. The Labute approximate surface area is 343 Å². The number of anilines is 3. The number of para-hydroxylation sites is 2. The van der Waals surface area contributed by atoms with Crippen LogP contribution in [-0.2, 0) is 12.8 Å². The van der Waals surface area contributed by atoms with E-state index in [9.17, 15) is 0 Å². The van der Waals surface area contributed by atoms with Gasteiger partial charge in [0.2, 0.25) is 0 Å². The van der Waals surface area contributed by atoms with Gasteiger partial charge >= 0.3 is 0 Å². The zero-order valence-corrected chi connectivity index (χ0v) is 33.1. The average Bonchev–Trinajstić information content (AvgIpc) is 3.85. The lowest BCUT2D eigenvalue weighted by atomic mass is 9.89. The number of furan rings is 2. The second-order valence-corrected chi connectivity index (χ2v) is 15.8. The van der Waals surface area contributed by atoms with E-state index >= 15 is 0 Å². The predicted octanol–water partition coefficient (Wildman–Crippen LogP) is 15.8. The van der Waals surface area contributed by atoms with Crippen LogP contribution < -0.4 is 4.90 Å². The Balaban J connectivity index is 1.01. The van der Waals surface area contributed by atoms with Crippen molar-refractivity contribution in [3.8, 4) is 22.3 Å². The highest BCUT2D eigenvalue weighted by molar-refractivity contribution is 6.08. The molecule has 0 fully saturated rings. The molecule has 0 radical (unpaired) electrons. The lowest BCUT2D eigenvalue weighted by molar-refractivity contribution is 0.668. The molecule has 282 valence electrons. The SMILES string of the molecule is Cc1ccc(CCc2c(-c3ccc4oc5ccccc5c4c3)ccc3cc(N(c4ccc(C)cc4)c4ccc(-c5ccc6oc7ccccc7c6c5)cc4)ccc23)cc1. The fourth-order valence-corrected chi connectivity index (χ4v) is 8.83. The van der Waals surface area contributed by atoms with Gasteiger partial charge in [0.25, 0.3) is 0 Å². The summed E-state index contributed by atoms with van der Waals surface area (Å²) < 4.78 is 12.3. The zero-order chi connectivity index (χ0) is 39.5. The molecular formula is C56H41NO2. The summed E-state index contributed by atoms with van der Waals surface area (Å²) in [6, 6.07) is 68.1. The average molecular weight is 760 g/mol. The monoisotopic (exact) mass is 759 g/mol. The number of hydrogen-bond donors (Lipinski definition) is 0. The summed E-state index contributed by atoms with van der Waals surface area (Å²) in [4.78, 5) is 2.37. The van der Waals surface area contributed by atoms with Crippen LogP contribution >= 0.6 is 0 Å².